The van der Waals surface area contributed by atoms with E-state index in [1.54, 1.807) is 24.3 Å². The fraction of sp³-hybridized carbons (Fsp3) is 0.235. The van der Waals surface area contributed by atoms with Gasteiger partial charge in [-0.2, -0.15) is 0 Å². The molecule has 0 saturated carbocycles. The van der Waals surface area contributed by atoms with Gasteiger partial charge in [0.25, 0.3) is 0 Å². The molecular formula is C17H19NO2. The van der Waals surface area contributed by atoms with Crippen LogP contribution in [0.1, 0.15) is 24.5 Å². The Morgan fingerprint density at radius 3 is 2.20 bits per heavy atom. The highest BCUT2D eigenvalue weighted by atomic mass is 16.3. The minimum atomic E-state index is -0.0565. The van der Waals surface area contributed by atoms with Crippen LogP contribution in [0.2, 0.25) is 0 Å². The quantitative estimate of drug-likeness (QED) is 0.872. The molecule has 0 radical (unpaired) electrons. The molecule has 1 amide bonds. The summed E-state index contributed by atoms with van der Waals surface area (Å²) in [4.78, 5) is 11.9. The van der Waals surface area contributed by atoms with Gasteiger partial charge >= 0.3 is 0 Å². The molecule has 0 fully saturated rings. The smallest absolute Gasteiger partial charge is 0.228 e. The van der Waals surface area contributed by atoms with Crippen molar-refractivity contribution in [3.8, 4) is 5.75 Å². The number of aryl methyl sites for hydroxylation is 1. The van der Waals surface area contributed by atoms with Gasteiger partial charge in [-0.3, -0.25) is 4.79 Å². The summed E-state index contributed by atoms with van der Waals surface area (Å²) in [5.41, 5.74) is 2.97. The summed E-state index contributed by atoms with van der Waals surface area (Å²) in [5, 5.41) is 12.1. The normalized spacial score (nSPS) is 10.2. The Labute approximate surface area is 119 Å². The van der Waals surface area contributed by atoms with Gasteiger partial charge in [-0.25, -0.2) is 0 Å². The van der Waals surface area contributed by atoms with Crippen LogP contribution >= 0.6 is 0 Å². The molecule has 3 heteroatoms. The molecule has 0 aliphatic heterocycles. The van der Waals surface area contributed by atoms with Crippen molar-refractivity contribution in [1.29, 1.82) is 0 Å². The highest BCUT2D eigenvalue weighted by molar-refractivity contribution is 5.92. The first kappa shape index (κ1) is 14.1. The monoisotopic (exact) mass is 269 g/mol. The first-order valence-corrected chi connectivity index (χ1v) is 6.84. The topological polar surface area (TPSA) is 49.3 Å². The van der Waals surface area contributed by atoms with Crippen LogP contribution in [0.4, 0.5) is 5.69 Å². The average Bonchev–Trinajstić information content (AvgIpc) is 2.44. The lowest BCUT2D eigenvalue weighted by molar-refractivity contribution is -0.115. The molecule has 0 unspecified atom stereocenters. The van der Waals surface area contributed by atoms with Crippen molar-refractivity contribution in [3.63, 3.8) is 0 Å². The van der Waals surface area contributed by atoms with Crippen LogP contribution in [0.25, 0.3) is 0 Å². The van der Waals surface area contributed by atoms with Crippen molar-refractivity contribution >= 4 is 11.6 Å². The van der Waals surface area contributed by atoms with Gasteiger partial charge in [0, 0.05) is 5.69 Å². The molecule has 104 valence electrons. The van der Waals surface area contributed by atoms with Gasteiger partial charge < -0.3 is 10.4 Å². The molecule has 0 saturated heterocycles. The summed E-state index contributed by atoms with van der Waals surface area (Å²) >= 11 is 0. The zero-order chi connectivity index (χ0) is 14.4. The summed E-state index contributed by atoms with van der Waals surface area (Å²) < 4.78 is 0. The van der Waals surface area contributed by atoms with Gasteiger partial charge in [-0.05, 0) is 41.8 Å². The van der Waals surface area contributed by atoms with Gasteiger partial charge in [0.05, 0.1) is 6.42 Å². The van der Waals surface area contributed by atoms with Gasteiger partial charge in [0.1, 0.15) is 5.75 Å². The number of carbonyl (C=O) groups is 1. The van der Waals surface area contributed by atoms with E-state index in [9.17, 15) is 9.90 Å². The fourth-order valence-electron chi connectivity index (χ4n) is 2.05. The van der Waals surface area contributed by atoms with E-state index >= 15 is 0 Å². The van der Waals surface area contributed by atoms with Crippen molar-refractivity contribution in [3.05, 3.63) is 59.7 Å². The number of aromatic hydroxyl groups is 1. The average molecular weight is 269 g/mol. The van der Waals surface area contributed by atoms with Gasteiger partial charge in [0.2, 0.25) is 5.91 Å². The van der Waals surface area contributed by atoms with Crippen LogP contribution in [-0.2, 0) is 17.6 Å². The maximum atomic E-state index is 11.9. The number of phenols is 1. The standard InChI is InChI=1S/C17H19NO2/c1-2-3-13-4-8-15(9-5-13)18-17(20)12-14-6-10-16(19)11-7-14/h4-11,19H,2-3,12H2,1H3,(H,18,20). The third kappa shape index (κ3) is 4.12. The Kier molecular flexibility index (Phi) is 4.77. The molecule has 20 heavy (non-hydrogen) atoms. The Bertz CT molecular complexity index is 559. The maximum absolute atomic E-state index is 11.9. The predicted molar refractivity (Wildman–Crippen MR) is 80.9 cm³/mol. The third-order valence-corrected chi connectivity index (χ3v) is 3.08. The molecule has 0 heterocycles. The number of amides is 1. The second kappa shape index (κ2) is 6.75. The van der Waals surface area contributed by atoms with E-state index in [-0.39, 0.29) is 11.7 Å². The number of carbonyl (C=O) groups excluding carboxylic acids is 1. The van der Waals surface area contributed by atoms with Crippen molar-refractivity contribution in [2.75, 3.05) is 5.32 Å². The highest BCUT2D eigenvalue weighted by Gasteiger charge is 2.04. The van der Waals surface area contributed by atoms with Crippen molar-refractivity contribution < 1.29 is 9.90 Å². The van der Waals surface area contributed by atoms with Crippen LogP contribution in [0.15, 0.2) is 48.5 Å². The molecule has 0 spiro atoms. The highest BCUT2D eigenvalue weighted by Crippen LogP contribution is 2.13. The molecule has 3 nitrogen and oxygen atoms in total. The molecule has 2 aromatic rings. The Hall–Kier alpha value is -2.29. The van der Waals surface area contributed by atoms with E-state index in [0.717, 1.165) is 24.1 Å². The van der Waals surface area contributed by atoms with Gasteiger partial charge in [-0.1, -0.05) is 37.6 Å². The van der Waals surface area contributed by atoms with E-state index < -0.39 is 0 Å². The molecule has 0 bridgehead atoms. The van der Waals surface area contributed by atoms with Crippen LogP contribution < -0.4 is 5.32 Å². The lowest BCUT2D eigenvalue weighted by Gasteiger charge is -2.06. The number of nitrogens with one attached hydrogen (secondary N) is 1. The van der Waals surface area contributed by atoms with Crippen molar-refractivity contribution in [2.45, 2.75) is 26.2 Å². The van der Waals surface area contributed by atoms with Crippen LogP contribution in [-0.4, -0.2) is 11.0 Å². The molecule has 2 aromatic carbocycles. The summed E-state index contributed by atoms with van der Waals surface area (Å²) in [7, 11) is 0. The SMILES string of the molecule is CCCc1ccc(NC(=O)Cc2ccc(O)cc2)cc1. The van der Waals surface area contributed by atoms with Crippen molar-refractivity contribution in [1.82, 2.24) is 0 Å². The summed E-state index contributed by atoms with van der Waals surface area (Å²) in [6.45, 7) is 2.15. The number of rotatable bonds is 5. The number of hydrogen-bond acceptors (Lipinski definition) is 2. The van der Waals surface area contributed by atoms with E-state index in [0.29, 0.717) is 6.42 Å². The van der Waals surface area contributed by atoms with Gasteiger partial charge in [-0.15, -0.1) is 0 Å². The lowest BCUT2D eigenvalue weighted by atomic mass is 10.1. The number of anilines is 1. The fourth-order valence-corrected chi connectivity index (χ4v) is 2.05. The largest absolute Gasteiger partial charge is 0.508 e. The Balaban J connectivity index is 1.92. The number of benzene rings is 2. The summed E-state index contributed by atoms with van der Waals surface area (Å²) in [5.74, 6) is 0.152. The molecule has 0 atom stereocenters. The van der Waals surface area contributed by atoms with Crippen LogP contribution in [0.5, 0.6) is 5.75 Å². The number of phenolic OH excluding ortho intramolecular Hbond substituents is 1. The second-order valence-electron chi connectivity index (χ2n) is 4.84. The third-order valence-electron chi connectivity index (χ3n) is 3.08. The zero-order valence-electron chi connectivity index (χ0n) is 11.6. The van der Waals surface area contributed by atoms with Crippen LogP contribution in [0, 0.1) is 0 Å². The molecule has 2 rings (SSSR count). The first-order chi connectivity index (χ1) is 9.67. The van der Waals surface area contributed by atoms with Crippen LogP contribution in [0.3, 0.4) is 0 Å². The zero-order valence-corrected chi connectivity index (χ0v) is 11.6. The summed E-state index contributed by atoms with van der Waals surface area (Å²) in [6, 6.07) is 14.6. The first-order valence-electron chi connectivity index (χ1n) is 6.84. The van der Waals surface area contributed by atoms with Crippen molar-refractivity contribution in [2.24, 2.45) is 0 Å². The summed E-state index contributed by atoms with van der Waals surface area (Å²) in [6.07, 6.45) is 2.48. The minimum Gasteiger partial charge on any atom is -0.508 e. The van der Waals surface area contributed by atoms with E-state index in [1.807, 2.05) is 24.3 Å². The van der Waals surface area contributed by atoms with Gasteiger partial charge in [0.15, 0.2) is 0 Å². The predicted octanol–water partition coefficient (Wildman–Crippen LogP) is 3.53. The second-order valence-corrected chi connectivity index (χ2v) is 4.84. The molecular weight excluding hydrogens is 250 g/mol. The van der Waals surface area contributed by atoms with E-state index in [4.69, 9.17) is 0 Å². The maximum Gasteiger partial charge on any atom is 0.228 e. The molecule has 0 aliphatic rings. The lowest BCUT2D eigenvalue weighted by Crippen LogP contribution is -2.14. The molecule has 0 aliphatic carbocycles. The Morgan fingerprint density at radius 2 is 1.60 bits per heavy atom. The number of hydrogen-bond donors (Lipinski definition) is 2. The molecule has 2 N–H and O–H groups in total. The Morgan fingerprint density at radius 1 is 1.00 bits per heavy atom. The molecule has 0 aromatic heterocycles. The van der Waals surface area contributed by atoms with E-state index in [1.165, 1.54) is 5.56 Å². The van der Waals surface area contributed by atoms with E-state index in [2.05, 4.69) is 12.2 Å². The minimum absolute atomic E-state index is 0.0565.